The van der Waals surface area contributed by atoms with Gasteiger partial charge in [-0.05, 0) is 33.4 Å². The SMILES string of the molecule is Brc1ccsc1CNCc1ccn[nH]1. The second kappa shape index (κ2) is 4.72. The van der Waals surface area contributed by atoms with E-state index in [2.05, 4.69) is 42.9 Å². The van der Waals surface area contributed by atoms with Crippen molar-refractivity contribution in [3.63, 3.8) is 0 Å². The number of aromatic nitrogens is 2. The van der Waals surface area contributed by atoms with Gasteiger partial charge in [-0.3, -0.25) is 5.10 Å². The second-order valence-electron chi connectivity index (χ2n) is 2.88. The van der Waals surface area contributed by atoms with Crippen LogP contribution in [0.4, 0.5) is 0 Å². The van der Waals surface area contributed by atoms with Gasteiger partial charge in [0.15, 0.2) is 0 Å². The lowest BCUT2D eigenvalue weighted by atomic mass is 10.4. The molecule has 0 radical (unpaired) electrons. The Morgan fingerprint density at radius 1 is 1.43 bits per heavy atom. The minimum atomic E-state index is 0.824. The van der Waals surface area contributed by atoms with Gasteiger partial charge in [0.05, 0.1) is 0 Å². The van der Waals surface area contributed by atoms with Crippen molar-refractivity contribution in [2.75, 3.05) is 0 Å². The van der Waals surface area contributed by atoms with Gasteiger partial charge in [-0.25, -0.2) is 0 Å². The third-order valence-electron chi connectivity index (χ3n) is 1.85. The topological polar surface area (TPSA) is 40.7 Å². The van der Waals surface area contributed by atoms with E-state index in [0.29, 0.717) is 0 Å². The first-order valence-corrected chi connectivity index (χ1v) is 5.94. The molecule has 2 aromatic rings. The fourth-order valence-corrected chi connectivity index (χ4v) is 2.61. The zero-order valence-electron chi connectivity index (χ0n) is 7.46. The molecular weight excluding hydrogens is 262 g/mol. The number of H-pyrrole nitrogens is 1. The molecule has 74 valence electrons. The van der Waals surface area contributed by atoms with Gasteiger partial charge in [0.2, 0.25) is 0 Å². The van der Waals surface area contributed by atoms with E-state index in [9.17, 15) is 0 Å². The number of aromatic amines is 1. The first-order valence-electron chi connectivity index (χ1n) is 4.27. The molecule has 2 heterocycles. The van der Waals surface area contributed by atoms with Gasteiger partial charge in [-0.2, -0.15) is 5.10 Å². The number of hydrogen-bond acceptors (Lipinski definition) is 3. The van der Waals surface area contributed by atoms with Crippen molar-refractivity contribution < 1.29 is 0 Å². The lowest BCUT2D eigenvalue weighted by Gasteiger charge is -2.01. The van der Waals surface area contributed by atoms with E-state index in [4.69, 9.17) is 0 Å². The second-order valence-corrected chi connectivity index (χ2v) is 4.73. The molecule has 2 N–H and O–H groups in total. The summed E-state index contributed by atoms with van der Waals surface area (Å²) in [6, 6.07) is 4.04. The first-order chi connectivity index (χ1) is 6.86. The Balaban J connectivity index is 1.81. The molecule has 0 aromatic carbocycles. The van der Waals surface area contributed by atoms with Crippen LogP contribution >= 0.6 is 27.3 Å². The van der Waals surface area contributed by atoms with E-state index < -0.39 is 0 Å². The largest absolute Gasteiger partial charge is 0.306 e. The van der Waals surface area contributed by atoms with Crippen molar-refractivity contribution in [1.29, 1.82) is 0 Å². The molecule has 14 heavy (non-hydrogen) atoms. The Morgan fingerprint density at radius 3 is 3.00 bits per heavy atom. The first kappa shape index (κ1) is 9.89. The molecule has 0 atom stereocenters. The average molecular weight is 272 g/mol. The Bertz CT molecular complexity index is 382. The van der Waals surface area contributed by atoms with Crippen molar-refractivity contribution in [2.24, 2.45) is 0 Å². The molecule has 0 bridgehead atoms. The molecule has 0 spiro atoms. The van der Waals surface area contributed by atoms with Crippen LogP contribution in [0.25, 0.3) is 0 Å². The summed E-state index contributed by atoms with van der Waals surface area (Å²) in [6.07, 6.45) is 1.76. The Kier molecular flexibility index (Phi) is 3.34. The van der Waals surface area contributed by atoms with Crippen LogP contribution in [-0.4, -0.2) is 10.2 Å². The lowest BCUT2D eigenvalue weighted by Crippen LogP contribution is -2.12. The van der Waals surface area contributed by atoms with Crippen LogP contribution in [-0.2, 0) is 13.1 Å². The molecule has 2 aromatic heterocycles. The Hall–Kier alpha value is -0.650. The smallest absolute Gasteiger partial charge is 0.0490 e. The zero-order chi connectivity index (χ0) is 9.80. The third kappa shape index (κ3) is 2.43. The van der Waals surface area contributed by atoms with Gasteiger partial charge in [-0.15, -0.1) is 11.3 Å². The van der Waals surface area contributed by atoms with Crippen LogP contribution in [0.5, 0.6) is 0 Å². The number of halogens is 1. The maximum atomic E-state index is 3.88. The summed E-state index contributed by atoms with van der Waals surface area (Å²) in [5.41, 5.74) is 1.11. The highest BCUT2D eigenvalue weighted by molar-refractivity contribution is 9.10. The summed E-state index contributed by atoms with van der Waals surface area (Å²) in [5.74, 6) is 0. The van der Waals surface area contributed by atoms with E-state index >= 15 is 0 Å². The number of nitrogens with one attached hydrogen (secondary N) is 2. The van der Waals surface area contributed by atoms with Crippen molar-refractivity contribution in [1.82, 2.24) is 15.5 Å². The molecule has 0 aliphatic heterocycles. The minimum Gasteiger partial charge on any atom is -0.306 e. The molecule has 0 amide bonds. The maximum absolute atomic E-state index is 3.88. The van der Waals surface area contributed by atoms with E-state index in [1.54, 1.807) is 17.5 Å². The van der Waals surface area contributed by atoms with Crippen LogP contribution in [0.15, 0.2) is 28.2 Å². The third-order valence-corrected chi connectivity index (χ3v) is 3.78. The predicted octanol–water partition coefficient (Wildman–Crippen LogP) is 2.52. The summed E-state index contributed by atoms with van der Waals surface area (Å²) in [5, 5.41) is 12.2. The van der Waals surface area contributed by atoms with Crippen LogP contribution in [0.3, 0.4) is 0 Å². The number of hydrogen-bond donors (Lipinski definition) is 2. The molecule has 2 rings (SSSR count). The number of rotatable bonds is 4. The molecule has 0 unspecified atom stereocenters. The Labute approximate surface area is 94.7 Å². The monoisotopic (exact) mass is 271 g/mol. The number of thiophene rings is 1. The molecule has 0 saturated heterocycles. The standard InChI is InChI=1S/C9H10BrN3S/c10-8-2-4-14-9(8)6-11-5-7-1-3-12-13-7/h1-4,11H,5-6H2,(H,12,13). The summed E-state index contributed by atoms with van der Waals surface area (Å²) in [4.78, 5) is 1.32. The van der Waals surface area contributed by atoms with E-state index in [-0.39, 0.29) is 0 Å². The van der Waals surface area contributed by atoms with Gasteiger partial charge < -0.3 is 5.32 Å². The van der Waals surface area contributed by atoms with Gasteiger partial charge in [0.1, 0.15) is 0 Å². The molecule has 0 aliphatic rings. The van der Waals surface area contributed by atoms with Gasteiger partial charge in [0.25, 0.3) is 0 Å². The van der Waals surface area contributed by atoms with Gasteiger partial charge >= 0.3 is 0 Å². The molecule has 0 saturated carbocycles. The van der Waals surface area contributed by atoms with Crippen molar-refractivity contribution in [3.05, 3.63) is 38.8 Å². The molecule has 5 heteroatoms. The molecular formula is C9H10BrN3S. The predicted molar refractivity (Wildman–Crippen MR) is 61.2 cm³/mol. The fourth-order valence-electron chi connectivity index (χ4n) is 1.15. The highest BCUT2D eigenvalue weighted by Crippen LogP contribution is 2.22. The highest BCUT2D eigenvalue weighted by Gasteiger charge is 2.00. The number of nitrogens with zero attached hydrogens (tertiary/aromatic N) is 1. The summed E-state index contributed by atoms with van der Waals surface area (Å²) in [6.45, 7) is 1.71. The highest BCUT2D eigenvalue weighted by atomic mass is 79.9. The van der Waals surface area contributed by atoms with Crippen molar-refractivity contribution >= 4 is 27.3 Å². The van der Waals surface area contributed by atoms with E-state index in [1.807, 2.05) is 6.07 Å². The van der Waals surface area contributed by atoms with E-state index in [1.165, 1.54) is 9.35 Å². The lowest BCUT2D eigenvalue weighted by molar-refractivity contribution is 0.683. The molecule has 3 nitrogen and oxygen atoms in total. The molecule has 0 aliphatic carbocycles. The van der Waals surface area contributed by atoms with Crippen LogP contribution in [0.1, 0.15) is 10.6 Å². The summed E-state index contributed by atoms with van der Waals surface area (Å²) >= 11 is 5.25. The van der Waals surface area contributed by atoms with Crippen LogP contribution < -0.4 is 5.32 Å². The van der Waals surface area contributed by atoms with Crippen molar-refractivity contribution in [2.45, 2.75) is 13.1 Å². The maximum Gasteiger partial charge on any atom is 0.0490 e. The average Bonchev–Trinajstić information content (AvgIpc) is 2.78. The normalized spacial score (nSPS) is 10.6. The minimum absolute atomic E-state index is 0.824. The van der Waals surface area contributed by atoms with Crippen LogP contribution in [0.2, 0.25) is 0 Å². The summed E-state index contributed by atoms with van der Waals surface area (Å²) in [7, 11) is 0. The Morgan fingerprint density at radius 2 is 2.36 bits per heavy atom. The van der Waals surface area contributed by atoms with Crippen LogP contribution in [0, 0.1) is 0 Å². The zero-order valence-corrected chi connectivity index (χ0v) is 9.86. The van der Waals surface area contributed by atoms with E-state index in [0.717, 1.165) is 18.8 Å². The van der Waals surface area contributed by atoms with Gasteiger partial charge in [0, 0.05) is 34.3 Å². The fraction of sp³-hybridized carbons (Fsp3) is 0.222. The quantitative estimate of drug-likeness (QED) is 0.897. The van der Waals surface area contributed by atoms with Gasteiger partial charge in [-0.1, -0.05) is 0 Å². The molecule has 0 fully saturated rings. The van der Waals surface area contributed by atoms with Crippen molar-refractivity contribution in [3.8, 4) is 0 Å². The summed E-state index contributed by atoms with van der Waals surface area (Å²) < 4.78 is 1.18.